The number of hydrogen-bond acceptors (Lipinski definition) is 5. The first kappa shape index (κ1) is 22.5. The molecule has 0 spiro atoms. The minimum Gasteiger partial charge on any atom is -0.469 e. The molecule has 0 heterocycles. The van der Waals surface area contributed by atoms with Gasteiger partial charge in [0.15, 0.2) is 0 Å². The standard InChI is InChI=1S/C25H42O5/c1-14(5-8-22(29)30-4)17-6-7-18-23-19(13-21(28)25(17,18)3)24(2)10-9-16(26)11-15(24)12-20(23)27/h14-21,23,26-28H,5-13H2,1-4H3/t14-,15+,16-,17-,18-,19+,20-,21+,23-,24+,25-/m1/s1. The summed E-state index contributed by atoms with van der Waals surface area (Å²) in [6.07, 6.45) is 6.60. The third kappa shape index (κ3) is 3.34. The van der Waals surface area contributed by atoms with Crippen LogP contribution in [0.5, 0.6) is 0 Å². The van der Waals surface area contributed by atoms with Gasteiger partial charge in [-0.25, -0.2) is 0 Å². The number of carbonyl (C=O) groups excluding carboxylic acids is 1. The number of rotatable bonds is 4. The number of carbonyl (C=O) groups is 1. The summed E-state index contributed by atoms with van der Waals surface area (Å²) in [5, 5.41) is 33.1. The van der Waals surface area contributed by atoms with E-state index in [0.717, 1.165) is 51.4 Å². The average molecular weight is 423 g/mol. The second-order valence-electron chi connectivity index (χ2n) is 11.6. The van der Waals surface area contributed by atoms with Crippen molar-refractivity contribution in [2.24, 2.45) is 46.3 Å². The molecular weight excluding hydrogens is 380 g/mol. The Kier molecular flexibility index (Phi) is 6.04. The zero-order valence-electron chi connectivity index (χ0n) is 19.2. The number of esters is 1. The van der Waals surface area contributed by atoms with E-state index in [-0.39, 0.29) is 41.0 Å². The molecule has 0 radical (unpaired) electrons. The molecule has 0 aromatic carbocycles. The van der Waals surface area contributed by atoms with Crippen LogP contribution in [-0.4, -0.2) is 46.7 Å². The third-order valence-electron chi connectivity index (χ3n) is 10.6. The molecule has 0 aromatic rings. The lowest BCUT2D eigenvalue weighted by atomic mass is 9.43. The summed E-state index contributed by atoms with van der Waals surface area (Å²) in [6.45, 7) is 6.85. The van der Waals surface area contributed by atoms with Crippen molar-refractivity contribution in [3.63, 3.8) is 0 Å². The summed E-state index contributed by atoms with van der Waals surface area (Å²) in [4.78, 5) is 11.7. The van der Waals surface area contributed by atoms with Crippen LogP contribution in [0.1, 0.15) is 78.6 Å². The fraction of sp³-hybridized carbons (Fsp3) is 0.960. The van der Waals surface area contributed by atoms with Gasteiger partial charge in [-0.3, -0.25) is 4.79 Å². The second kappa shape index (κ2) is 8.04. The molecule has 4 saturated carbocycles. The highest BCUT2D eigenvalue weighted by molar-refractivity contribution is 5.69. The van der Waals surface area contributed by atoms with Crippen LogP contribution < -0.4 is 0 Å². The normalized spacial score (nSPS) is 51.4. The van der Waals surface area contributed by atoms with Crippen molar-refractivity contribution in [1.29, 1.82) is 0 Å². The van der Waals surface area contributed by atoms with Crippen LogP contribution in [0, 0.1) is 46.3 Å². The largest absolute Gasteiger partial charge is 0.469 e. The minimum atomic E-state index is -0.369. The van der Waals surface area contributed by atoms with Crippen LogP contribution in [-0.2, 0) is 9.53 Å². The highest BCUT2D eigenvalue weighted by atomic mass is 16.5. The minimum absolute atomic E-state index is 0.111. The molecule has 4 aliphatic rings. The molecule has 0 saturated heterocycles. The molecule has 0 bridgehead atoms. The monoisotopic (exact) mass is 422 g/mol. The number of aliphatic hydroxyl groups is 3. The van der Waals surface area contributed by atoms with Gasteiger partial charge in [-0.2, -0.15) is 0 Å². The first-order valence-electron chi connectivity index (χ1n) is 12.2. The number of ether oxygens (including phenoxy) is 1. The summed E-state index contributed by atoms with van der Waals surface area (Å²) in [5.41, 5.74) is -0.0882. The third-order valence-corrected chi connectivity index (χ3v) is 10.6. The van der Waals surface area contributed by atoms with Crippen LogP contribution in [0.25, 0.3) is 0 Å². The van der Waals surface area contributed by atoms with Crippen LogP contribution in [0.3, 0.4) is 0 Å². The molecular formula is C25H42O5. The molecule has 0 aromatic heterocycles. The van der Waals surface area contributed by atoms with Gasteiger partial charge in [0.1, 0.15) is 0 Å². The number of methoxy groups -OCH3 is 1. The molecule has 4 rings (SSSR count). The van der Waals surface area contributed by atoms with E-state index in [1.54, 1.807) is 0 Å². The molecule has 30 heavy (non-hydrogen) atoms. The Hall–Kier alpha value is -0.650. The van der Waals surface area contributed by atoms with E-state index in [1.165, 1.54) is 7.11 Å². The van der Waals surface area contributed by atoms with Crippen molar-refractivity contribution in [2.45, 2.75) is 96.9 Å². The first-order valence-corrected chi connectivity index (χ1v) is 12.2. The van der Waals surface area contributed by atoms with Gasteiger partial charge in [-0.05, 0) is 97.7 Å². The van der Waals surface area contributed by atoms with Crippen molar-refractivity contribution in [3.05, 3.63) is 0 Å². The topological polar surface area (TPSA) is 87.0 Å². The molecule has 5 nitrogen and oxygen atoms in total. The summed E-state index contributed by atoms with van der Waals surface area (Å²) in [6, 6.07) is 0. The molecule has 0 aliphatic heterocycles. The van der Waals surface area contributed by atoms with Crippen molar-refractivity contribution in [2.75, 3.05) is 7.11 Å². The van der Waals surface area contributed by atoms with E-state index in [2.05, 4.69) is 20.8 Å². The number of aliphatic hydroxyl groups excluding tert-OH is 3. The van der Waals surface area contributed by atoms with E-state index >= 15 is 0 Å². The van der Waals surface area contributed by atoms with Gasteiger partial charge in [-0.1, -0.05) is 20.8 Å². The second-order valence-corrected chi connectivity index (χ2v) is 11.6. The first-order chi connectivity index (χ1) is 14.1. The zero-order valence-corrected chi connectivity index (χ0v) is 19.2. The zero-order chi connectivity index (χ0) is 21.8. The summed E-state index contributed by atoms with van der Waals surface area (Å²) in [7, 11) is 1.44. The molecule has 0 amide bonds. The lowest BCUT2D eigenvalue weighted by molar-refractivity contribution is -0.207. The fourth-order valence-corrected chi connectivity index (χ4v) is 8.78. The molecule has 4 aliphatic carbocycles. The van der Waals surface area contributed by atoms with Gasteiger partial charge in [0, 0.05) is 6.42 Å². The highest BCUT2D eigenvalue weighted by Crippen LogP contribution is 2.68. The van der Waals surface area contributed by atoms with Gasteiger partial charge in [0.2, 0.25) is 0 Å². The van der Waals surface area contributed by atoms with Gasteiger partial charge in [0.05, 0.1) is 25.4 Å². The summed E-state index contributed by atoms with van der Waals surface area (Å²) in [5.74, 6) is 1.81. The quantitative estimate of drug-likeness (QED) is 0.603. The highest BCUT2D eigenvalue weighted by Gasteiger charge is 2.65. The smallest absolute Gasteiger partial charge is 0.305 e. The van der Waals surface area contributed by atoms with E-state index < -0.39 is 0 Å². The fourth-order valence-electron chi connectivity index (χ4n) is 8.78. The number of fused-ring (bicyclic) bond motifs is 5. The summed E-state index contributed by atoms with van der Waals surface area (Å²) < 4.78 is 4.83. The molecule has 11 atom stereocenters. The Bertz CT molecular complexity index is 651. The van der Waals surface area contributed by atoms with Crippen LogP contribution >= 0.6 is 0 Å². The Labute approximate surface area is 181 Å². The number of hydrogen-bond donors (Lipinski definition) is 3. The average Bonchev–Trinajstić information content (AvgIpc) is 3.06. The van der Waals surface area contributed by atoms with Crippen LogP contribution in [0.2, 0.25) is 0 Å². The molecule has 172 valence electrons. The van der Waals surface area contributed by atoms with Crippen LogP contribution in [0.15, 0.2) is 0 Å². The maximum Gasteiger partial charge on any atom is 0.305 e. The van der Waals surface area contributed by atoms with Crippen LogP contribution in [0.4, 0.5) is 0 Å². The Morgan fingerprint density at radius 1 is 1.07 bits per heavy atom. The Morgan fingerprint density at radius 2 is 1.80 bits per heavy atom. The summed E-state index contributed by atoms with van der Waals surface area (Å²) >= 11 is 0. The molecule has 5 heteroatoms. The maximum absolute atomic E-state index is 11.7. The van der Waals surface area contributed by atoms with E-state index in [9.17, 15) is 20.1 Å². The Morgan fingerprint density at radius 3 is 2.50 bits per heavy atom. The van der Waals surface area contributed by atoms with E-state index in [4.69, 9.17) is 4.74 Å². The predicted molar refractivity (Wildman–Crippen MR) is 114 cm³/mol. The van der Waals surface area contributed by atoms with Gasteiger partial charge < -0.3 is 20.1 Å². The van der Waals surface area contributed by atoms with Gasteiger partial charge >= 0.3 is 5.97 Å². The van der Waals surface area contributed by atoms with Crippen molar-refractivity contribution < 1.29 is 24.9 Å². The van der Waals surface area contributed by atoms with Crippen molar-refractivity contribution >= 4 is 5.97 Å². The lowest BCUT2D eigenvalue weighted by Crippen LogP contribution is -2.62. The molecule has 4 fully saturated rings. The van der Waals surface area contributed by atoms with E-state index in [0.29, 0.717) is 36.0 Å². The lowest BCUT2D eigenvalue weighted by Gasteiger charge is -2.63. The van der Waals surface area contributed by atoms with Gasteiger partial charge in [0.25, 0.3) is 0 Å². The molecule has 0 unspecified atom stereocenters. The molecule has 3 N–H and O–H groups in total. The van der Waals surface area contributed by atoms with Gasteiger partial charge in [-0.15, -0.1) is 0 Å². The van der Waals surface area contributed by atoms with Crippen molar-refractivity contribution in [3.8, 4) is 0 Å². The predicted octanol–water partition coefficient (Wildman–Crippen LogP) is 3.54. The SMILES string of the molecule is COC(=O)CC[C@@H](C)[C@H]1CC[C@@H]2[C@H]3[C@H](O)C[C@@H]4C[C@H](O)CC[C@]4(C)[C@H]3C[C@H](O)[C@@]21C. The Balaban J connectivity index is 1.58. The van der Waals surface area contributed by atoms with E-state index in [1.807, 2.05) is 0 Å². The maximum atomic E-state index is 11.7. The van der Waals surface area contributed by atoms with Crippen molar-refractivity contribution in [1.82, 2.24) is 0 Å².